The van der Waals surface area contributed by atoms with Gasteiger partial charge in [0.15, 0.2) is 0 Å². The molecule has 1 aliphatic heterocycles. The SMILES string of the molecule is C/C=C\C/C=C1\C(c2ccccc2S(=O)(=O)N(CC)CC)=CN=C1N. The Bertz CT molecular complexity index is 845. The normalized spacial score (nSPS) is 16.7. The smallest absolute Gasteiger partial charge is 0.243 e. The monoisotopic (exact) mass is 359 g/mol. The number of nitrogens with zero attached hydrogens (tertiary/aromatic N) is 2. The molecule has 25 heavy (non-hydrogen) atoms. The predicted molar refractivity (Wildman–Crippen MR) is 104 cm³/mol. The summed E-state index contributed by atoms with van der Waals surface area (Å²) in [5.74, 6) is 0.412. The highest BCUT2D eigenvalue weighted by Gasteiger charge is 2.28. The Hall–Kier alpha value is -2.18. The van der Waals surface area contributed by atoms with Crippen LogP contribution in [-0.4, -0.2) is 31.6 Å². The summed E-state index contributed by atoms with van der Waals surface area (Å²) in [5.41, 5.74) is 8.16. The molecule has 0 bridgehead atoms. The molecule has 2 N–H and O–H groups in total. The van der Waals surface area contributed by atoms with Crippen molar-refractivity contribution >= 4 is 21.4 Å². The molecule has 2 rings (SSSR count). The quantitative estimate of drug-likeness (QED) is 0.759. The van der Waals surface area contributed by atoms with E-state index >= 15 is 0 Å². The molecule has 1 aromatic rings. The second kappa shape index (κ2) is 8.27. The van der Waals surface area contributed by atoms with Crippen molar-refractivity contribution in [2.24, 2.45) is 10.7 Å². The van der Waals surface area contributed by atoms with Crippen molar-refractivity contribution in [3.63, 3.8) is 0 Å². The van der Waals surface area contributed by atoms with Crippen LogP contribution in [0.25, 0.3) is 5.57 Å². The Morgan fingerprint density at radius 1 is 1.20 bits per heavy atom. The minimum Gasteiger partial charge on any atom is -0.383 e. The lowest BCUT2D eigenvalue weighted by Crippen LogP contribution is -2.31. The van der Waals surface area contributed by atoms with Crippen LogP contribution in [-0.2, 0) is 10.0 Å². The molecule has 1 heterocycles. The number of rotatable bonds is 7. The molecule has 1 aromatic carbocycles. The van der Waals surface area contributed by atoms with Crippen LogP contribution in [0.4, 0.5) is 0 Å². The summed E-state index contributed by atoms with van der Waals surface area (Å²) in [4.78, 5) is 4.48. The van der Waals surface area contributed by atoms with Gasteiger partial charge in [0.05, 0.1) is 4.90 Å². The Balaban J connectivity index is 2.54. The lowest BCUT2D eigenvalue weighted by atomic mass is 9.98. The molecule has 0 saturated carbocycles. The molecule has 0 aromatic heterocycles. The molecule has 0 unspecified atom stereocenters. The van der Waals surface area contributed by atoms with E-state index in [2.05, 4.69) is 4.99 Å². The first-order valence-corrected chi connectivity index (χ1v) is 9.86. The van der Waals surface area contributed by atoms with Gasteiger partial charge in [0, 0.05) is 36.0 Å². The van der Waals surface area contributed by atoms with Crippen LogP contribution in [0, 0.1) is 0 Å². The van der Waals surface area contributed by atoms with E-state index in [0.29, 0.717) is 30.9 Å². The highest BCUT2D eigenvalue weighted by atomic mass is 32.2. The number of benzene rings is 1. The van der Waals surface area contributed by atoms with Gasteiger partial charge in [-0.2, -0.15) is 4.31 Å². The first kappa shape index (κ1) is 19.1. The summed E-state index contributed by atoms with van der Waals surface area (Å²) in [5, 5.41) is 0. The van der Waals surface area contributed by atoms with Crippen LogP contribution in [0.1, 0.15) is 32.8 Å². The predicted octanol–water partition coefficient (Wildman–Crippen LogP) is 3.32. The minimum absolute atomic E-state index is 0.284. The third-order valence-electron chi connectivity index (χ3n) is 4.09. The van der Waals surface area contributed by atoms with Gasteiger partial charge < -0.3 is 5.73 Å². The number of aliphatic imine (C=N–C) groups is 1. The maximum atomic E-state index is 13.0. The maximum Gasteiger partial charge on any atom is 0.243 e. The summed E-state index contributed by atoms with van der Waals surface area (Å²) in [6.45, 7) is 6.47. The zero-order valence-electron chi connectivity index (χ0n) is 14.9. The van der Waals surface area contributed by atoms with Gasteiger partial charge in [-0.25, -0.2) is 13.4 Å². The average Bonchev–Trinajstić information content (AvgIpc) is 2.97. The highest BCUT2D eigenvalue weighted by Crippen LogP contribution is 2.33. The van der Waals surface area contributed by atoms with Crippen molar-refractivity contribution in [1.82, 2.24) is 4.31 Å². The second-order valence-corrected chi connectivity index (χ2v) is 7.47. The molecular formula is C19H25N3O2S. The van der Waals surface area contributed by atoms with Gasteiger partial charge in [-0.1, -0.05) is 50.3 Å². The number of sulfonamides is 1. The summed E-state index contributed by atoms with van der Waals surface area (Å²) in [6.07, 6.45) is 8.30. The van der Waals surface area contributed by atoms with E-state index in [1.807, 2.05) is 45.1 Å². The lowest BCUT2D eigenvalue weighted by molar-refractivity contribution is 0.445. The highest BCUT2D eigenvalue weighted by molar-refractivity contribution is 7.89. The second-order valence-electron chi connectivity index (χ2n) is 5.57. The van der Waals surface area contributed by atoms with Gasteiger partial charge in [0.25, 0.3) is 0 Å². The fourth-order valence-corrected chi connectivity index (χ4v) is 4.44. The number of hydrogen-bond acceptors (Lipinski definition) is 4. The van der Waals surface area contributed by atoms with Crippen LogP contribution in [0.2, 0.25) is 0 Å². The largest absolute Gasteiger partial charge is 0.383 e. The molecule has 0 radical (unpaired) electrons. The third-order valence-corrected chi connectivity index (χ3v) is 6.20. The van der Waals surface area contributed by atoms with Crippen LogP contribution in [0.15, 0.2) is 64.2 Å². The van der Waals surface area contributed by atoms with E-state index in [9.17, 15) is 8.42 Å². The Labute approximate surface area is 150 Å². The van der Waals surface area contributed by atoms with E-state index in [4.69, 9.17) is 5.73 Å². The molecule has 5 nitrogen and oxygen atoms in total. The van der Waals surface area contributed by atoms with Crippen molar-refractivity contribution in [2.75, 3.05) is 13.1 Å². The Morgan fingerprint density at radius 3 is 2.52 bits per heavy atom. The first-order chi connectivity index (χ1) is 12.0. The molecule has 0 aliphatic carbocycles. The summed E-state index contributed by atoms with van der Waals surface area (Å²) >= 11 is 0. The molecule has 0 spiro atoms. The molecule has 0 atom stereocenters. The molecule has 134 valence electrons. The molecule has 0 saturated heterocycles. The minimum atomic E-state index is -3.58. The van der Waals surface area contributed by atoms with Crippen molar-refractivity contribution in [3.05, 3.63) is 59.8 Å². The van der Waals surface area contributed by atoms with E-state index in [1.165, 1.54) is 4.31 Å². The fraction of sp³-hybridized carbons (Fsp3) is 0.316. The van der Waals surface area contributed by atoms with Crippen molar-refractivity contribution in [1.29, 1.82) is 0 Å². The van der Waals surface area contributed by atoms with Gasteiger partial charge in [-0.3, -0.25) is 0 Å². The molecule has 0 amide bonds. The van der Waals surface area contributed by atoms with E-state index in [-0.39, 0.29) is 4.90 Å². The van der Waals surface area contributed by atoms with Gasteiger partial charge >= 0.3 is 0 Å². The first-order valence-electron chi connectivity index (χ1n) is 8.42. The summed E-state index contributed by atoms with van der Waals surface area (Å²) < 4.78 is 27.5. The maximum absolute atomic E-state index is 13.0. The Morgan fingerprint density at radius 2 is 1.88 bits per heavy atom. The van der Waals surface area contributed by atoms with E-state index in [1.54, 1.807) is 24.4 Å². The van der Waals surface area contributed by atoms with Crippen molar-refractivity contribution < 1.29 is 8.42 Å². The molecule has 1 aliphatic rings. The van der Waals surface area contributed by atoms with Gasteiger partial charge in [0.2, 0.25) is 10.0 Å². The van der Waals surface area contributed by atoms with Gasteiger partial charge in [0.1, 0.15) is 5.84 Å². The van der Waals surface area contributed by atoms with Gasteiger partial charge in [-0.15, -0.1) is 0 Å². The number of hydrogen-bond donors (Lipinski definition) is 1. The zero-order valence-corrected chi connectivity index (χ0v) is 15.8. The molecular weight excluding hydrogens is 334 g/mol. The molecule has 0 fully saturated rings. The molecule has 6 heteroatoms. The van der Waals surface area contributed by atoms with Crippen molar-refractivity contribution in [2.45, 2.75) is 32.1 Å². The summed E-state index contributed by atoms with van der Waals surface area (Å²) in [7, 11) is -3.58. The number of amidine groups is 1. The lowest BCUT2D eigenvalue weighted by Gasteiger charge is -2.21. The average molecular weight is 359 g/mol. The Kier molecular flexibility index (Phi) is 6.33. The number of nitrogens with two attached hydrogens (primary N) is 1. The topological polar surface area (TPSA) is 75.8 Å². The van der Waals surface area contributed by atoms with Crippen LogP contribution in [0.5, 0.6) is 0 Å². The zero-order chi connectivity index (χ0) is 18.4. The van der Waals surface area contributed by atoms with E-state index in [0.717, 1.165) is 11.1 Å². The standard InChI is InChI=1S/C19H25N3O2S/c1-4-7-8-12-16-17(14-21-19(16)20)15-11-9-10-13-18(15)25(23,24)22(5-2)6-3/h4,7,9-14H,5-6,8H2,1-3H3,(H2,20,21)/b7-4-,16-12+. The van der Waals surface area contributed by atoms with Gasteiger partial charge in [-0.05, 0) is 19.4 Å². The fourth-order valence-electron chi connectivity index (χ4n) is 2.78. The summed E-state index contributed by atoms with van der Waals surface area (Å²) in [6, 6.07) is 7.01. The number of allylic oxidation sites excluding steroid dienone is 3. The van der Waals surface area contributed by atoms with Crippen molar-refractivity contribution in [3.8, 4) is 0 Å². The third kappa shape index (κ3) is 3.91. The van der Waals surface area contributed by atoms with E-state index < -0.39 is 10.0 Å². The van der Waals surface area contributed by atoms with Crippen LogP contribution >= 0.6 is 0 Å². The van der Waals surface area contributed by atoms with Crippen LogP contribution < -0.4 is 5.73 Å². The van der Waals surface area contributed by atoms with Crippen LogP contribution in [0.3, 0.4) is 0 Å².